The molecule has 3 heterocycles. The molecule has 12 nitrogen and oxygen atoms in total. The van der Waals surface area contributed by atoms with Crippen LogP contribution in [0.1, 0.15) is 44.7 Å². The quantitative estimate of drug-likeness (QED) is 0.229. The van der Waals surface area contributed by atoms with Crippen LogP contribution in [0.3, 0.4) is 0 Å². The normalized spacial score (nSPS) is 18.0. The fourth-order valence-electron chi connectivity index (χ4n) is 5.95. The molecule has 244 valence electrons. The smallest absolute Gasteiger partial charge is 0.245 e. The van der Waals surface area contributed by atoms with Crippen molar-refractivity contribution in [3.63, 3.8) is 0 Å². The molecule has 2 aromatic heterocycles. The number of rotatable bonds is 9. The Kier molecular flexibility index (Phi) is 8.45. The molecule has 0 saturated carbocycles. The third kappa shape index (κ3) is 5.38. The molecule has 1 aliphatic carbocycles. The molecule has 2 amide bonds. The van der Waals surface area contributed by atoms with Crippen LogP contribution in [0.5, 0.6) is 23.0 Å². The highest BCUT2D eigenvalue weighted by Gasteiger charge is 2.63. The number of nitrogens with one attached hydrogen (secondary N) is 2. The highest BCUT2D eigenvalue weighted by atomic mass is 35.5. The third-order valence-electron chi connectivity index (χ3n) is 8.25. The second-order valence-electron chi connectivity index (χ2n) is 11.1. The van der Waals surface area contributed by atoms with Crippen LogP contribution < -0.4 is 29.6 Å². The number of methoxy groups -OCH3 is 3. The molecule has 2 N–H and O–H groups in total. The van der Waals surface area contributed by atoms with Gasteiger partial charge in [0.05, 0.1) is 45.6 Å². The summed E-state index contributed by atoms with van der Waals surface area (Å²) in [6, 6.07) is 8.38. The molecule has 47 heavy (non-hydrogen) atoms. The van der Waals surface area contributed by atoms with E-state index in [1.165, 1.54) is 38.7 Å². The van der Waals surface area contributed by atoms with Crippen LogP contribution in [0.15, 0.2) is 40.1 Å². The number of fused-ring (bicyclic) bond motifs is 2. The Morgan fingerprint density at radius 2 is 1.74 bits per heavy atom. The van der Waals surface area contributed by atoms with Crippen LogP contribution in [0.4, 0.5) is 5.13 Å². The standard InChI is InChI=1S/C33H30ClN3O9S/c1-15-10-21-25(30(40)33(15)31(41)26-20(43-4)12-22(44-5)27(34)29(26)46-33)19(28(45-21)17-6-8-18(42-3)9-7-17)11-23(38)35-13-24(39)37-32-36-16(2)14-47-32/h6-9,12,14-15H,10-11,13H2,1-5H3,(H,35,38)(H,36,37,39)/t15-,33+/m1/s1. The van der Waals surface area contributed by atoms with Crippen molar-refractivity contribution in [3.05, 3.63) is 68.9 Å². The lowest BCUT2D eigenvalue weighted by molar-refractivity contribution is -0.123. The number of halogens is 1. The predicted molar refractivity (Wildman–Crippen MR) is 172 cm³/mol. The number of carbonyl (C=O) groups excluding carboxylic acids is 4. The lowest BCUT2D eigenvalue weighted by Gasteiger charge is -2.35. The molecular weight excluding hydrogens is 650 g/mol. The van der Waals surface area contributed by atoms with Gasteiger partial charge in [0.1, 0.15) is 39.4 Å². The molecule has 0 bridgehead atoms. The van der Waals surface area contributed by atoms with E-state index < -0.39 is 34.9 Å². The molecule has 0 saturated heterocycles. The third-order valence-corrected chi connectivity index (χ3v) is 9.48. The van der Waals surface area contributed by atoms with Gasteiger partial charge in [-0.05, 0) is 31.2 Å². The van der Waals surface area contributed by atoms with Gasteiger partial charge in [0.15, 0.2) is 10.9 Å². The van der Waals surface area contributed by atoms with Crippen molar-refractivity contribution in [2.75, 3.05) is 33.2 Å². The van der Waals surface area contributed by atoms with Crippen molar-refractivity contribution >= 4 is 51.5 Å². The summed E-state index contributed by atoms with van der Waals surface area (Å²) in [5, 5.41) is 7.47. The van der Waals surface area contributed by atoms with Crippen molar-refractivity contribution in [1.82, 2.24) is 10.3 Å². The number of aryl methyl sites for hydroxylation is 1. The van der Waals surface area contributed by atoms with E-state index in [2.05, 4.69) is 15.6 Å². The van der Waals surface area contributed by atoms with Crippen molar-refractivity contribution in [2.45, 2.75) is 32.3 Å². The van der Waals surface area contributed by atoms with Gasteiger partial charge in [-0.3, -0.25) is 19.2 Å². The number of thiazole rings is 1. The largest absolute Gasteiger partial charge is 0.497 e. The summed E-state index contributed by atoms with van der Waals surface area (Å²) in [5.41, 5.74) is -0.328. The molecule has 6 rings (SSSR count). The van der Waals surface area contributed by atoms with Crippen molar-refractivity contribution in [2.24, 2.45) is 5.92 Å². The number of aromatic nitrogens is 1. The van der Waals surface area contributed by atoms with Crippen molar-refractivity contribution in [3.8, 4) is 34.3 Å². The van der Waals surface area contributed by atoms with E-state index in [9.17, 15) is 19.2 Å². The zero-order chi connectivity index (χ0) is 33.6. The number of anilines is 1. The first-order valence-electron chi connectivity index (χ1n) is 14.5. The zero-order valence-corrected chi connectivity index (χ0v) is 27.6. The number of benzene rings is 2. The average Bonchev–Trinajstić information content (AvgIpc) is 3.73. The molecule has 2 aromatic carbocycles. The molecule has 2 atom stereocenters. The van der Waals surface area contributed by atoms with Crippen molar-refractivity contribution in [1.29, 1.82) is 0 Å². The summed E-state index contributed by atoms with van der Waals surface area (Å²) in [6.45, 7) is 3.19. The molecule has 4 aromatic rings. The average molecular weight is 680 g/mol. The number of carbonyl (C=O) groups is 4. The summed E-state index contributed by atoms with van der Waals surface area (Å²) in [4.78, 5) is 59.0. The summed E-state index contributed by atoms with van der Waals surface area (Å²) in [5.74, 6) is -1.49. The highest BCUT2D eigenvalue weighted by molar-refractivity contribution is 7.13. The molecule has 1 spiro atoms. The topological polar surface area (TPSA) is 155 Å². The fraction of sp³-hybridized carbons (Fsp3) is 0.303. The molecule has 0 fully saturated rings. The van der Waals surface area contributed by atoms with Crippen LogP contribution in [0, 0.1) is 12.8 Å². The number of Topliss-reactive ketones (excluding diaryl/α,β-unsaturated/α-hetero) is 2. The monoisotopic (exact) mass is 679 g/mol. The van der Waals surface area contributed by atoms with Crippen LogP contribution in [-0.4, -0.2) is 61.8 Å². The summed E-state index contributed by atoms with van der Waals surface area (Å²) in [6.07, 6.45) is -0.197. The molecule has 1 aliphatic heterocycles. The second-order valence-corrected chi connectivity index (χ2v) is 12.4. The molecule has 2 aliphatic rings. The first-order valence-corrected chi connectivity index (χ1v) is 15.8. The number of nitrogens with zero attached hydrogens (tertiary/aromatic N) is 1. The van der Waals surface area contributed by atoms with Gasteiger partial charge in [0, 0.05) is 34.9 Å². The molecule has 0 radical (unpaired) electrons. The Labute approximate surface area is 278 Å². The van der Waals surface area contributed by atoms with E-state index in [-0.39, 0.29) is 64.1 Å². The van der Waals surface area contributed by atoms with Crippen LogP contribution in [-0.2, 0) is 22.4 Å². The highest BCUT2D eigenvalue weighted by Crippen LogP contribution is 2.54. The van der Waals surface area contributed by atoms with Gasteiger partial charge in [-0.2, -0.15) is 0 Å². The SMILES string of the molecule is COc1ccc(-c2oc3c(c2CC(=O)NCC(=O)Nc2nc(C)cs2)C(=O)[C@@]2(Oc4c(Cl)c(OC)cc(OC)c4C2=O)[C@H](C)C3)cc1. The maximum absolute atomic E-state index is 14.7. The minimum absolute atomic E-state index is 0.0175. The number of ether oxygens (including phenoxy) is 4. The maximum atomic E-state index is 14.7. The van der Waals surface area contributed by atoms with Crippen molar-refractivity contribution < 1.29 is 42.5 Å². The van der Waals surface area contributed by atoms with Crippen LogP contribution in [0.2, 0.25) is 5.02 Å². The van der Waals surface area contributed by atoms with E-state index in [4.69, 9.17) is 35.0 Å². The first kappa shape index (κ1) is 32.1. The van der Waals surface area contributed by atoms with E-state index in [0.29, 0.717) is 22.2 Å². The number of hydrogen-bond acceptors (Lipinski definition) is 11. The number of furan rings is 1. The van der Waals surface area contributed by atoms with Crippen LogP contribution >= 0.6 is 22.9 Å². The minimum Gasteiger partial charge on any atom is -0.497 e. The fourth-order valence-corrected chi connectivity index (χ4v) is 6.92. The number of ketones is 2. The van der Waals surface area contributed by atoms with E-state index in [0.717, 1.165) is 5.69 Å². The van der Waals surface area contributed by atoms with Gasteiger partial charge in [-0.25, -0.2) is 4.98 Å². The Hall–Kier alpha value is -4.88. The van der Waals surface area contributed by atoms with Crippen LogP contribution in [0.25, 0.3) is 11.3 Å². The lowest BCUT2D eigenvalue weighted by Crippen LogP contribution is -2.56. The number of hydrogen-bond donors (Lipinski definition) is 2. The summed E-state index contributed by atoms with van der Waals surface area (Å²) < 4.78 is 28.7. The van der Waals surface area contributed by atoms with Gasteiger partial charge in [-0.1, -0.05) is 18.5 Å². The summed E-state index contributed by atoms with van der Waals surface area (Å²) in [7, 11) is 4.33. The number of amides is 2. The van der Waals surface area contributed by atoms with Gasteiger partial charge in [0.25, 0.3) is 0 Å². The molecule has 0 unspecified atom stereocenters. The Bertz CT molecular complexity index is 1930. The van der Waals surface area contributed by atoms with Gasteiger partial charge < -0.3 is 34.0 Å². The zero-order valence-electron chi connectivity index (χ0n) is 26.1. The van der Waals surface area contributed by atoms with E-state index >= 15 is 0 Å². The van der Waals surface area contributed by atoms with E-state index in [1.54, 1.807) is 43.5 Å². The molecular formula is C33H30ClN3O9S. The van der Waals surface area contributed by atoms with Gasteiger partial charge in [0.2, 0.25) is 29.0 Å². The lowest BCUT2D eigenvalue weighted by atomic mass is 9.70. The maximum Gasteiger partial charge on any atom is 0.245 e. The minimum atomic E-state index is -2.00. The predicted octanol–water partition coefficient (Wildman–Crippen LogP) is 5.08. The van der Waals surface area contributed by atoms with E-state index in [1.807, 2.05) is 0 Å². The molecule has 14 heteroatoms. The first-order chi connectivity index (χ1) is 22.5. The van der Waals surface area contributed by atoms with Gasteiger partial charge >= 0.3 is 0 Å². The Morgan fingerprint density at radius 1 is 1.04 bits per heavy atom. The van der Waals surface area contributed by atoms with Gasteiger partial charge in [-0.15, -0.1) is 11.3 Å². The summed E-state index contributed by atoms with van der Waals surface area (Å²) >= 11 is 7.85. The Balaban J connectivity index is 1.38. The Morgan fingerprint density at radius 3 is 2.38 bits per heavy atom. The second kappa shape index (κ2) is 12.4.